The fourth-order valence-corrected chi connectivity index (χ4v) is 2.56. The van der Waals surface area contributed by atoms with Crippen molar-refractivity contribution in [3.05, 3.63) is 76.6 Å². The number of halogens is 4. The standard InChI is InChI=1S/C19H11ClF3N3O/c20-16-4-2-1-3-14(16)18-15(11-24)17(27-26-18)9-10-25-13-7-5-12(6-8-13)19(21,22)23/h1-10,25H/b10-9+. The molecule has 0 bridgehead atoms. The minimum absolute atomic E-state index is 0.201. The van der Waals surface area contributed by atoms with Crippen LogP contribution in [0.25, 0.3) is 17.3 Å². The molecule has 4 nitrogen and oxygen atoms in total. The van der Waals surface area contributed by atoms with Gasteiger partial charge in [0.15, 0.2) is 5.76 Å². The van der Waals surface area contributed by atoms with E-state index in [1.807, 2.05) is 6.07 Å². The number of nitrogens with one attached hydrogen (secondary N) is 1. The summed E-state index contributed by atoms with van der Waals surface area (Å²) in [7, 11) is 0. The van der Waals surface area contributed by atoms with Crippen LogP contribution >= 0.6 is 11.6 Å². The maximum atomic E-state index is 12.6. The van der Waals surface area contributed by atoms with Crippen molar-refractivity contribution in [2.45, 2.75) is 6.18 Å². The Morgan fingerprint density at radius 3 is 2.44 bits per heavy atom. The molecule has 0 fully saturated rings. The van der Waals surface area contributed by atoms with Crippen LogP contribution in [-0.2, 0) is 6.18 Å². The zero-order valence-corrected chi connectivity index (χ0v) is 14.3. The predicted octanol–water partition coefficient (Wildman–Crippen LogP) is 5.97. The average Bonchev–Trinajstić information content (AvgIpc) is 3.04. The summed E-state index contributed by atoms with van der Waals surface area (Å²) in [5.41, 5.74) is 0.799. The fraction of sp³-hybridized carbons (Fsp3) is 0.0526. The van der Waals surface area contributed by atoms with E-state index in [0.717, 1.165) is 12.1 Å². The lowest BCUT2D eigenvalue weighted by Crippen LogP contribution is -2.04. The summed E-state index contributed by atoms with van der Waals surface area (Å²) in [5, 5.41) is 16.5. The van der Waals surface area contributed by atoms with Crippen molar-refractivity contribution in [1.29, 1.82) is 5.26 Å². The van der Waals surface area contributed by atoms with Gasteiger partial charge in [-0.1, -0.05) is 35.0 Å². The van der Waals surface area contributed by atoms with Crippen molar-refractivity contribution in [3.8, 4) is 17.3 Å². The van der Waals surface area contributed by atoms with E-state index >= 15 is 0 Å². The zero-order chi connectivity index (χ0) is 19.4. The van der Waals surface area contributed by atoms with Gasteiger partial charge in [-0.15, -0.1) is 0 Å². The van der Waals surface area contributed by atoms with Crippen LogP contribution in [0.2, 0.25) is 5.02 Å². The van der Waals surface area contributed by atoms with E-state index in [1.54, 1.807) is 24.3 Å². The van der Waals surface area contributed by atoms with Gasteiger partial charge in [0.05, 0.1) is 10.6 Å². The zero-order valence-electron chi connectivity index (χ0n) is 13.6. The summed E-state index contributed by atoms with van der Waals surface area (Å²) >= 11 is 6.12. The second-order valence-corrected chi connectivity index (χ2v) is 5.82. The van der Waals surface area contributed by atoms with Crippen LogP contribution in [0.1, 0.15) is 16.9 Å². The normalized spacial score (nSPS) is 11.5. The number of benzene rings is 2. The van der Waals surface area contributed by atoms with E-state index in [1.165, 1.54) is 24.4 Å². The summed E-state index contributed by atoms with van der Waals surface area (Å²) in [6, 6.07) is 13.5. The molecule has 0 atom stereocenters. The largest absolute Gasteiger partial charge is 0.416 e. The SMILES string of the molecule is N#Cc1c(-c2ccccc2Cl)noc1/C=C/Nc1ccc(C(F)(F)F)cc1. The summed E-state index contributed by atoms with van der Waals surface area (Å²) in [6.07, 6.45) is -1.48. The molecule has 1 heterocycles. The fourth-order valence-electron chi connectivity index (χ4n) is 2.33. The van der Waals surface area contributed by atoms with Gasteiger partial charge in [-0.2, -0.15) is 18.4 Å². The van der Waals surface area contributed by atoms with Crippen molar-refractivity contribution in [3.63, 3.8) is 0 Å². The third-order valence-electron chi connectivity index (χ3n) is 3.66. The van der Waals surface area contributed by atoms with Crippen LogP contribution in [0.4, 0.5) is 18.9 Å². The number of nitrogens with zero attached hydrogens (tertiary/aromatic N) is 2. The van der Waals surface area contributed by atoms with Gasteiger partial charge in [0.2, 0.25) is 0 Å². The van der Waals surface area contributed by atoms with Crippen LogP contribution in [0.5, 0.6) is 0 Å². The molecule has 3 aromatic rings. The molecule has 0 aliphatic carbocycles. The van der Waals surface area contributed by atoms with Crippen LogP contribution in [0.3, 0.4) is 0 Å². The quantitative estimate of drug-likeness (QED) is 0.597. The molecule has 3 rings (SSSR count). The molecular formula is C19H11ClF3N3O. The van der Waals surface area contributed by atoms with Gasteiger partial charge in [0.25, 0.3) is 0 Å². The Balaban J connectivity index is 1.79. The molecule has 0 spiro atoms. The Kier molecular flexibility index (Phi) is 5.19. The lowest BCUT2D eigenvalue weighted by atomic mass is 10.1. The smallest absolute Gasteiger partial charge is 0.362 e. The average molecular weight is 390 g/mol. The minimum Gasteiger partial charge on any atom is -0.362 e. The van der Waals surface area contributed by atoms with Crippen molar-refractivity contribution in [1.82, 2.24) is 5.16 Å². The molecule has 27 heavy (non-hydrogen) atoms. The van der Waals surface area contributed by atoms with E-state index in [2.05, 4.69) is 10.5 Å². The number of hydrogen-bond acceptors (Lipinski definition) is 4. The van der Waals surface area contributed by atoms with Crippen LogP contribution in [0.15, 0.2) is 59.3 Å². The second kappa shape index (κ2) is 7.56. The van der Waals surface area contributed by atoms with Gasteiger partial charge in [-0.25, -0.2) is 0 Å². The van der Waals surface area contributed by atoms with Crippen molar-refractivity contribution in [2.24, 2.45) is 0 Å². The third-order valence-corrected chi connectivity index (χ3v) is 3.99. The van der Waals surface area contributed by atoms with E-state index < -0.39 is 11.7 Å². The lowest BCUT2D eigenvalue weighted by molar-refractivity contribution is -0.137. The second-order valence-electron chi connectivity index (χ2n) is 5.41. The van der Waals surface area contributed by atoms with E-state index in [0.29, 0.717) is 22.0 Å². The highest BCUT2D eigenvalue weighted by atomic mass is 35.5. The van der Waals surface area contributed by atoms with Gasteiger partial charge in [-0.3, -0.25) is 0 Å². The maximum Gasteiger partial charge on any atom is 0.416 e. The first-order valence-corrected chi connectivity index (χ1v) is 8.03. The van der Waals surface area contributed by atoms with Crippen molar-refractivity contribution in [2.75, 3.05) is 5.32 Å². The van der Waals surface area contributed by atoms with Crippen LogP contribution in [0, 0.1) is 11.3 Å². The first kappa shape index (κ1) is 18.5. The summed E-state index contributed by atoms with van der Waals surface area (Å²) in [5.74, 6) is 0.201. The van der Waals surface area contributed by atoms with E-state index in [9.17, 15) is 18.4 Å². The lowest BCUT2D eigenvalue weighted by Gasteiger charge is -2.07. The van der Waals surface area contributed by atoms with Gasteiger partial charge in [-0.05, 0) is 30.3 Å². The van der Waals surface area contributed by atoms with Crippen molar-refractivity contribution < 1.29 is 17.7 Å². The maximum absolute atomic E-state index is 12.6. The molecule has 2 aromatic carbocycles. The summed E-state index contributed by atoms with van der Waals surface area (Å²) in [4.78, 5) is 0. The first-order valence-electron chi connectivity index (χ1n) is 7.65. The Labute approximate surface area is 157 Å². The molecule has 8 heteroatoms. The Morgan fingerprint density at radius 2 is 1.81 bits per heavy atom. The van der Waals surface area contributed by atoms with E-state index in [-0.39, 0.29) is 11.3 Å². The first-order chi connectivity index (χ1) is 12.9. The number of aromatic nitrogens is 1. The molecule has 136 valence electrons. The number of hydrogen-bond donors (Lipinski definition) is 1. The van der Waals surface area contributed by atoms with E-state index in [4.69, 9.17) is 16.1 Å². The molecular weight excluding hydrogens is 379 g/mol. The molecule has 0 amide bonds. The highest BCUT2D eigenvalue weighted by Gasteiger charge is 2.29. The molecule has 0 aliphatic heterocycles. The Bertz CT molecular complexity index is 1020. The van der Waals surface area contributed by atoms with Gasteiger partial charge in [0.1, 0.15) is 17.3 Å². The Morgan fingerprint density at radius 1 is 1.11 bits per heavy atom. The molecule has 1 N–H and O–H groups in total. The van der Waals surface area contributed by atoms with Gasteiger partial charge < -0.3 is 9.84 Å². The number of nitriles is 1. The topological polar surface area (TPSA) is 61.9 Å². The number of rotatable bonds is 4. The Hall–Kier alpha value is -3.24. The molecule has 0 saturated carbocycles. The van der Waals surface area contributed by atoms with Gasteiger partial charge >= 0.3 is 6.18 Å². The summed E-state index contributed by atoms with van der Waals surface area (Å²) < 4.78 is 42.9. The summed E-state index contributed by atoms with van der Waals surface area (Å²) in [6.45, 7) is 0. The molecule has 0 unspecified atom stereocenters. The number of alkyl halides is 3. The molecule has 1 aromatic heterocycles. The number of anilines is 1. The van der Waals surface area contributed by atoms with Gasteiger partial charge in [0, 0.05) is 23.5 Å². The highest BCUT2D eigenvalue weighted by Crippen LogP contribution is 2.31. The molecule has 0 aliphatic rings. The highest BCUT2D eigenvalue weighted by molar-refractivity contribution is 6.33. The molecule has 0 saturated heterocycles. The van der Waals surface area contributed by atoms with Crippen LogP contribution < -0.4 is 5.32 Å². The van der Waals surface area contributed by atoms with Crippen molar-refractivity contribution >= 4 is 23.4 Å². The monoisotopic (exact) mass is 389 g/mol. The predicted molar refractivity (Wildman–Crippen MR) is 95.8 cm³/mol. The molecule has 0 radical (unpaired) electrons. The van der Waals surface area contributed by atoms with Crippen LogP contribution in [-0.4, -0.2) is 5.16 Å². The minimum atomic E-state index is -4.38. The third kappa shape index (κ3) is 4.13.